The molecule has 602 valence electrons. The number of hydrogen-bond donors (Lipinski definition) is 0. The summed E-state index contributed by atoms with van der Waals surface area (Å²) in [5, 5.41) is 28.7. The largest absolute Gasteiger partial charge is 0.456 e. The van der Waals surface area contributed by atoms with Gasteiger partial charge in [0.15, 0.2) is 0 Å². The van der Waals surface area contributed by atoms with Crippen LogP contribution in [0.5, 0.6) is 0 Å². The number of para-hydroxylation sites is 1. The molecule has 0 fully saturated rings. The fraction of sp³-hybridized carbons (Fsp3) is 0.0732. The van der Waals surface area contributed by atoms with Crippen molar-refractivity contribution in [2.24, 2.45) is 0 Å². The average Bonchev–Trinajstić information content (AvgIpc) is 1.49. The zero-order valence-electron chi connectivity index (χ0n) is 71.7. The highest BCUT2D eigenvalue weighted by Gasteiger charge is 2.40. The van der Waals surface area contributed by atoms with E-state index in [4.69, 9.17) is 4.42 Å². The van der Waals surface area contributed by atoms with Gasteiger partial charge in [-0.3, -0.25) is 0 Å². The van der Waals surface area contributed by atoms with Crippen LogP contribution >= 0.6 is 11.3 Å². The van der Waals surface area contributed by atoms with Gasteiger partial charge in [-0.1, -0.05) is 339 Å². The van der Waals surface area contributed by atoms with Gasteiger partial charge < -0.3 is 18.1 Å². The topological polar surface area (TPSA) is 27.9 Å². The van der Waals surface area contributed by atoms with Crippen LogP contribution in [0.2, 0.25) is 0 Å². The average molecular weight is 1650 g/mol. The molecule has 0 N–H and O–H groups in total. The molecule has 21 aromatic carbocycles. The number of aromatic nitrogens is 3. The molecule has 0 bridgehead atoms. The van der Waals surface area contributed by atoms with E-state index in [9.17, 15) is 0 Å². The van der Waals surface area contributed by atoms with Gasteiger partial charge in [-0.25, -0.2) is 0 Å². The molecule has 4 nitrogen and oxygen atoms in total. The minimum absolute atomic E-state index is 0.0811. The molecule has 5 heterocycles. The molecule has 0 saturated heterocycles. The Morgan fingerprint density at radius 3 is 1.02 bits per heavy atom. The molecule has 0 amide bonds. The molecule has 3 aliphatic carbocycles. The summed E-state index contributed by atoms with van der Waals surface area (Å²) in [7, 11) is 0. The minimum atomic E-state index is -0.0927. The Balaban J connectivity index is 0.0000000993. The summed E-state index contributed by atoms with van der Waals surface area (Å²) in [4.78, 5) is 0. The SMILES string of the molecule is CC1(C)c2ccccc2-c2c3c1cccc3cc1c2c2c3ccccc3ccc2n1-c1ccc2oc3ccccc3c2c1.CC1(C)c2ccccc2-c2c3c1cccc3cc1c2c2c3ccccc3ccc2n1-c1ccc2sc3ccccc3c2c1.CC1(C)c2ccccc2-c2c3c1cccc3cc1c2c2c3ccccc3ccc2n1-c1cccc(-c2ccccc2)c1. The molecule has 0 unspecified atom stereocenters. The number of thiophene rings is 1. The number of benzene rings is 21. The first kappa shape index (κ1) is 73.0. The molecule has 0 atom stereocenters. The van der Waals surface area contributed by atoms with Crippen LogP contribution in [-0.2, 0) is 16.2 Å². The van der Waals surface area contributed by atoms with Gasteiger partial charge in [0.1, 0.15) is 11.2 Å². The van der Waals surface area contributed by atoms with Crippen LogP contribution in [0.1, 0.15) is 74.9 Å². The van der Waals surface area contributed by atoms with Crippen molar-refractivity contribution in [1.29, 1.82) is 0 Å². The van der Waals surface area contributed by atoms with Crippen molar-refractivity contribution < 1.29 is 4.42 Å². The van der Waals surface area contributed by atoms with Gasteiger partial charge in [-0.05, 0) is 223 Å². The summed E-state index contributed by atoms with van der Waals surface area (Å²) < 4.78 is 16.4. The monoisotopic (exact) mass is 1650 g/mol. The Hall–Kier alpha value is -15.4. The summed E-state index contributed by atoms with van der Waals surface area (Å²) in [5.74, 6) is 0. The van der Waals surface area contributed by atoms with Crippen LogP contribution in [0, 0.1) is 0 Å². The quantitative estimate of drug-likeness (QED) is 0.173. The lowest BCUT2D eigenvalue weighted by atomic mass is 9.68. The number of fused-ring (bicyclic) bond motifs is 30. The van der Waals surface area contributed by atoms with Gasteiger partial charge in [-0.15, -0.1) is 11.3 Å². The van der Waals surface area contributed by atoms with Gasteiger partial charge in [0.2, 0.25) is 0 Å². The Morgan fingerprint density at radius 2 is 0.547 bits per heavy atom. The number of nitrogens with zero attached hydrogens (tertiary/aromatic N) is 3. The van der Waals surface area contributed by atoms with Gasteiger partial charge in [0.05, 0.1) is 33.1 Å². The van der Waals surface area contributed by atoms with Crippen LogP contribution in [-0.4, -0.2) is 13.7 Å². The van der Waals surface area contributed by atoms with Crippen LogP contribution in [0.15, 0.2) is 399 Å². The number of rotatable bonds is 4. The zero-order chi connectivity index (χ0) is 84.9. The highest BCUT2D eigenvalue weighted by atomic mass is 32.1. The highest BCUT2D eigenvalue weighted by Crippen LogP contribution is 2.59. The van der Waals surface area contributed by atoms with Gasteiger partial charge >= 0.3 is 0 Å². The van der Waals surface area contributed by atoms with E-state index < -0.39 is 0 Å². The predicted molar refractivity (Wildman–Crippen MR) is 546 cm³/mol. The number of furan rings is 1. The van der Waals surface area contributed by atoms with Crippen LogP contribution in [0.3, 0.4) is 0 Å². The molecule has 0 spiro atoms. The van der Waals surface area contributed by atoms with E-state index in [2.05, 4.69) is 443 Å². The lowest BCUT2D eigenvalue weighted by Gasteiger charge is -2.35. The molecule has 29 rings (SSSR count). The predicted octanol–water partition coefficient (Wildman–Crippen LogP) is 34.1. The molecule has 5 heteroatoms. The van der Waals surface area contributed by atoms with E-state index in [1.165, 1.54) is 239 Å². The van der Waals surface area contributed by atoms with Crippen molar-refractivity contribution in [1.82, 2.24) is 13.7 Å². The second-order valence-electron chi connectivity index (χ2n) is 37.2. The fourth-order valence-electron chi connectivity index (χ4n) is 23.7. The Labute approximate surface area is 743 Å². The lowest BCUT2D eigenvalue weighted by molar-refractivity contribution is 0.645. The van der Waals surface area contributed by atoms with E-state index in [0.29, 0.717) is 0 Å². The second kappa shape index (κ2) is 26.8. The van der Waals surface area contributed by atoms with Gasteiger partial charge in [0, 0.05) is 113 Å². The number of hydrogen-bond acceptors (Lipinski definition) is 2. The first-order chi connectivity index (χ1) is 62.8. The van der Waals surface area contributed by atoms with E-state index >= 15 is 0 Å². The molecule has 3 aliphatic rings. The molecule has 128 heavy (non-hydrogen) atoms. The summed E-state index contributed by atoms with van der Waals surface area (Å²) in [6, 6.07) is 146. The first-order valence-electron chi connectivity index (χ1n) is 44.9. The van der Waals surface area contributed by atoms with Crippen LogP contribution in [0.25, 0.3) is 234 Å². The Kier molecular flexibility index (Phi) is 15.3. The summed E-state index contributed by atoms with van der Waals surface area (Å²) in [6.45, 7) is 14.3. The van der Waals surface area contributed by atoms with Crippen molar-refractivity contribution >= 4 is 183 Å². The third-order valence-corrected chi connectivity index (χ3v) is 30.6. The minimum Gasteiger partial charge on any atom is -0.456 e. The van der Waals surface area contributed by atoms with Gasteiger partial charge in [0.25, 0.3) is 0 Å². The normalized spacial score (nSPS) is 13.9. The summed E-state index contributed by atoms with van der Waals surface area (Å²) in [5.41, 5.74) is 31.5. The lowest BCUT2D eigenvalue weighted by Crippen LogP contribution is -2.23. The van der Waals surface area contributed by atoms with Crippen molar-refractivity contribution in [3.8, 4) is 61.6 Å². The highest BCUT2D eigenvalue weighted by molar-refractivity contribution is 7.25. The first-order valence-corrected chi connectivity index (χ1v) is 45.7. The van der Waals surface area contributed by atoms with Crippen molar-refractivity contribution in [3.63, 3.8) is 0 Å². The summed E-state index contributed by atoms with van der Waals surface area (Å²) in [6.07, 6.45) is 0. The molecular formula is C123H83N3OS. The maximum absolute atomic E-state index is 6.22. The maximum Gasteiger partial charge on any atom is 0.135 e. The third-order valence-electron chi connectivity index (χ3n) is 29.4. The van der Waals surface area contributed by atoms with E-state index in [1.54, 1.807) is 0 Å². The van der Waals surface area contributed by atoms with Gasteiger partial charge in [-0.2, -0.15) is 0 Å². The third kappa shape index (κ3) is 10.2. The molecule has 26 aromatic rings. The zero-order valence-corrected chi connectivity index (χ0v) is 72.5. The maximum atomic E-state index is 6.22. The molecule has 0 saturated carbocycles. The van der Waals surface area contributed by atoms with Crippen LogP contribution < -0.4 is 0 Å². The Morgan fingerprint density at radius 1 is 0.203 bits per heavy atom. The summed E-state index contributed by atoms with van der Waals surface area (Å²) >= 11 is 1.88. The molecule has 0 aliphatic heterocycles. The molecule has 5 aromatic heterocycles. The second-order valence-corrected chi connectivity index (χ2v) is 38.3. The molecular weight excluding hydrogens is 1570 g/mol. The molecule has 0 radical (unpaired) electrons. The van der Waals surface area contributed by atoms with Crippen molar-refractivity contribution in [2.45, 2.75) is 57.8 Å². The van der Waals surface area contributed by atoms with Crippen molar-refractivity contribution in [3.05, 3.63) is 428 Å². The van der Waals surface area contributed by atoms with E-state index in [-0.39, 0.29) is 16.2 Å². The van der Waals surface area contributed by atoms with Crippen LogP contribution in [0.4, 0.5) is 0 Å². The standard InChI is InChI=1S/C41H27NO.C41H27NS.C41H29N/c2*1-41(2)31-15-7-5-14-29(31)39-37-25(11-9-16-32(37)41)22-34-40(39)38-27-12-4-3-10-24(27)18-20-33(38)42(34)26-19-21-36-30(23-26)28-13-6-8-17-35(28)43-36;1-41(2)33-20-9-8-19-32(33)39-37-29(16-11-21-34(37)41)25-36-40(39)38-31-18-7-6-14-27(31)22-23-35(38)42(36)30-17-10-15-28(24-30)26-12-4-3-5-13-26/h2*3-23H,1-2H3;3-25H,1-2H3. The Bertz CT molecular complexity index is 9010. The van der Waals surface area contributed by atoms with E-state index in [0.717, 1.165) is 27.6 Å². The van der Waals surface area contributed by atoms with E-state index in [1.807, 2.05) is 17.4 Å². The van der Waals surface area contributed by atoms with Crippen molar-refractivity contribution in [2.75, 3.05) is 0 Å². The fourth-order valence-corrected chi connectivity index (χ4v) is 24.8. The smallest absolute Gasteiger partial charge is 0.135 e.